The second-order valence-corrected chi connectivity index (χ2v) is 3.86. The normalized spacial score (nSPS) is 7.97. The third-order valence-corrected chi connectivity index (χ3v) is 1.40. The zero-order valence-corrected chi connectivity index (χ0v) is 17.4. The SMILES string of the molecule is CCOCC.Fc1[c-]c(F)c(F)c(F)c1F.OB(O)O.OB(O)O.OB(O)O.OB(O)O.[Li+]. The van der Waals surface area contributed by atoms with Gasteiger partial charge in [-0.2, -0.15) is 0 Å². The molecule has 0 aliphatic rings. The van der Waals surface area contributed by atoms with Crippen LogP contribution in [0.3, 0.4) is 0 Å². The van der Waals surface area contributed by atoms with E-state index in [1.165, 1.54) is 0 Å². The monoisotopic (exact) mass is 496 g/mol. The molecule has 12 N–H and O–H groups in total. The van der Waals surface area contributed by atoms with Crippen molar-refractivity contribution in [2.75, 3.05) is 13.2 Å². The van der Waals surface area contributed by atoms with E-state index in [-0.39, 0.29) is 18.9 Å². The van der Waals surface area contributed by atoms with Gasteiger partial charge < -0.3 is 65.0 Å². The van der Waals surface area contributed by atoms with Crippen LogP contribution in [0.2, 0.25) is 0 Å². The van der Waals surface area contributed by atoms with E-state index in [9.17, 15) is 22.0 Å². The molecule has 0 saturated carbocycles. The summed E-state index contributed by atoms with van der Waals surface area (Å²) in [6.45, 7) is 5.67. The molecule has 13 nitrogen and oxygen atoms in total. The van der Waals surface area contributed by atoms with E-state index in [2.05, 4.69) is 0 Å². The Hall–Kier alpha value is -0.793. The van der Waals surface area contributed by atoms with Crippen LogP contribution >= 0.6 is 0 Å². The quantitative estimate of drug-likeness (QED) is 0.0599. The average Bonchev–Trinajstić information content (AvgIpc) is 2.57. The van der Waals surface area contributed by atoms with Crippen LogP contribution in [0.4, 0.5) is 22.0 Å². The second kappa shape index (κ2) is 31.2. The predicted molar refractivity (Wildman–Crippen MR) is 96.9 cm³/mol. The van der Waals surface area contributed by atoms with E-state index in [0.717, 1.165) is 19.3 Å². The molecule has 0 amide bonds. The maximum Gasteiger partial charge on any atom is 1.00 e. The minimum Gasteiger partial charge on any atom is -0.402 e. The Labute approximate surface area is 197 Å². The Balaban J connectivity index is -0.0000000713. The standard InChI is InChI=1S/C6F5.C4H10O.4BH3O3.Li/c7-2-1-3(8)5(10)6(11)4(2)9;1-3-5-4-2;4*2-1(3)4;/h;3-4H2,1-2H3;4*2-4H;/q-1;;;;;;+1. The molecule has 0 radical (unpaired) electrons. The summed E-state index contributed by atoms with van der Waals surface area (Å²) in [6.07, 6.45) is 0. The summed E-state index contributed by atoms with van der Waals surface area (Å²) in [6, 6.07) is 1.02. The molecule has 188 valence electrons. The van der Waals surface area contributed by atoms with E-state index in [1.54, 1.807) is 0 Å². The van der Waals surface area contributed by atoms with Gasteiger partial charge in [-0.1, -0.05) is 0 Å². The minimum absolute atomic E-state index is 0. The fourth-order valence-electron chi connectivity index (χ4n) is 0.699. The molecular weight excluding hydrogens is 473 g/mol. The Morgan fingerprint density at radius 1 is 0.545 bits per heavy atom. The topological polar surface area (TPSA) is 252 Å². The molecule has 0 heterocycles. The molecule has 0 saturated heterocycles. The number of hydrogen-bond acceptors (Lipinski definition) is 13. The van der Waals surface area contributed by atoms with Crippen molar-refractivity contribution < 1.29 is 106 Å². The van der Waals surface area contributed by atoms with Gasteiger partial charge in [0.15, 0.2) is 0 Å². The van der Waals surface area contributed by atoms with Gasteiger partial charge in [0.1, 0.15) is 0 Å². The van der Waals surface area contributed by atoms with Crippen molar-refractivity contribution in [1.82, 2.24) is 0 Å². The zero-order chi connectivity index (χ0) is 27.0. The summed E-state index contributed by atoms with van der Waals surface area (Å²) >= 11 is 0. The Morgan fingerprint density at radius 3 is 0.848 bits per heavy atom. The summed E-state index contributed by atoms with van der Waals surface area (Å²) in [7, 11) is -8.67. The van der Waals surface area contributed by atoms with Crippen LogP contribution in [-0.4, -0.2) is 103 Å². The summed E-state index contributed by atoms with van der Waals surface area (Å²) in [5, 5.41) is 86.0. The van der Waals surface area contributed by atoms with E-state index in [0.29, 0.717) is 0 Å². The van der Waals surface area contributed by atoms with Crippen LogP contribution in [0.5, 0.6) is 0 Å². The number of ether oxygens (including phenoxy) is 1. The third kappa shape index (κ3) is 59.2. The van der Waals surface area contributed by atoms with Gasteiger partial charge in [0, 0.05) is 13.2 Å². The van der Waals surface area contributed by atoms with Crippen molar-refractivity contribution in [3.8, 4) is 0 Å². The van der Waals surface area contributed by atoms with Crippen LogP contribution < -0.4 is 18.9 Å². The number of rotatable bonds is 2. The van der Waals surface area contributed by atoms with Crippen molar-refractivity contribution in [3.05, 3.63) is 35.2 Å². The maximum absolute atomic E-state index is 12.0. The fourth-order valence-corrected chi connectivity index (χ4v) is 0.699. The fraction of sp³-hybridized carbons (Fsp3) is 0.400. The van der Waals surface area contributed by atoms with E-state index in [1.807, 2.05) is 13.8 Å². The van der Waals surface area contributed by atoms with Crippen LogP contribution in [-0.2, 0) is 4.74 Å². The molecular formula is C10H22B4F5LiO13. The summed E-state index contributed by atoms with van der Waals surface area (Å²) in [5.74, 6) is -10.0. The van der Waals surface area contributed by atoms with Crippen LogP contribution in [0.1, 0.15) is 13.8 Å². The first-order chi connectivity index (χ1) is 14.4. The van der Waals surface area contributed by atoms with Crippen LogP contribution in [0.25, 0.3) is 0 Å². The number of halogens is 5. The van der Waals surface area contributed by atoms with Gasteiger partial charge in [-0.05, 0) is 13.8 Å². The van der Waals surface area contributed by atoms with E-state index >= 15 is 0 Å². The molecule has 0 aliphatic carbocycles. The average molecular weight is 495 g/mol. The van der Waals surface area contributed by atoms with Gasteiger partial charge in [0.2, 0.25) is 0 Å². The molecule has 0 aromatic heterocycles. The molecule has 0 bridgehead atoms. The maximum atomic E-state index is 12.0. The predicted octanol–water partition coefficient (Wildman–Crippen LogP) is -7.98. The molecule has 0 spiro atoms. The van der Waals surface area contributed by atoms with Gasteiger partial charge >= 0.3 is 48.1 Å². The smallest absolute Gasteiger partial charge is 0.402 e. The number of benzene rings is 1. The summed E-state index contributed by atoms with van der Waals surface area (Å²) in [4.78, 5) is 0. The Kier molecular flexibility index (Phi) is 43.2. The molecule has 0 fully saturated rings. The zero-order valence-electron chi connectivity index (χ0n) is 17.4. The minimum atomic E-state index is -2.17. The molecule has 23 heteroatoms. The molecule has 1 rings (SSSR count). The van der Waals surface area contributed by atoms with Crippen LogP contribution in [0.15, 0.2) is 0 Å². The molecule has 1 aromatic rings. The molecule has 33 heavy (non-hydrogen) atoms. The van der Waals surface area contributed by atoms with E-state index < -0.39 is 58.4 Å². The van der Waals surface area contributed by atoms with Crippen molar-refractivity contribution in [1.29, 1.82) is 0 Å². The summed E-state index contributed by atoms with van der Waals surface area (Å²) in [5.41, 5.74) is 0. The third-order valence-electron chi connectivity index (χ3n) is 1.40. The van der Waals surface area contributed by atoms with Gasteiger partial charge in [-0.25, -0.2) is 13.2 Å². The van der Waals surface area contributed by atoms with Crippen molar-refractivity contribution in [2.45, 2.75) is 13.8 Å². The number of hydrogen-bond donors (Lipinski definition) is 12. The molecule has 0 aliphatic heterocycles. The first-order valence-electron chi connectivity index (χ1n) is 7.53. The first kappa shape index (κ1) is 45.7. The second-order valence-electron chi connectivity index (χ2n) is 3.86. The Bertz CT molecular complexity index is 478. The van der Waals surface area contributed by atoms with Gasteiger partial charge in [-0.3, -0.25) is 8.78 Å². The van der Waals surface area contributed by atoms with Crippen LogP contribution in [0, 0.1) is 35.2 Å². The molecule has 0 atom stereocenters. The molecule has 0 unspecified atom stereocenters. The van der Waals surface area contributed by atoms with Crippen molar-refractivity contribution >= 4 is 29.3 Å². The van der Waals surface area contributed by atoms with Gasteiger partial charge in [-0.15, -0.1) is 6.07 Å². The van der Waals surface area contributed by atoms with Crippen molar-refractivity contribution in [2.24, 2.45) is 0 Å². The Morgan fingerprint density at radius 2 is 0.727 bits per heavy atom. The molecule has 1 aromatic carbocycles. The first-order valence-corrected chi connectivity index (χ1v) is 7.53. The van der Waals surface area contributed by atoms with Gasteiger partial charge in [0.25, 0.3) is 0 Å². The largest absolute Gasteiger partial charge is 1.00 e. The summed E-state index contributed by atoms with van der Waals surface area (Å²) < 4.78 is 64.7. The van der Waals surface area contributed by atoms with Gasteiger partial charge in [0.05, 0.1) is 29.1 Å². The van der Waals surface area contributed by atoms with Crippen molar-refractivity contribution in [3.63, 3.8) is 0 Å². The van der Waals surface area contributed by atoms with E-state index in [4.69, 9.17) is 65.0 Å².